The van der Waals surface area contributed by atoms with Gasteiger partial charge in [0.25, 0.3) is 0 Å². The van der Waals surface area contributed by atoms with Gasteiger partial charge in [0.2, 0.25) is 16.8 Å². The van der Waals surface area contributed by atoms with E-state index in [9.17, 15) is 8.42 Å². The second kappa shape index (κ2) is 5.52. The molecule has 0 aliphatic carbocycles. The second-order valence-electron chi connectivity index (χ2n) is 5.78. The molecule has 2 heterocycles. The Labute approximate surface area is 140 Å². The molecule has 0 fully saturated rings. The summed E-state index contributed by atoms with van der Waals surface area (Å²) >= 11 is 0. The van der Waals surface area contributed by atoms with Gasteiger partial charge in [-0.25, -0.2) is 8.42 Å². The van der Waals surface area contributed by atoms with Crippen LogP contribution in [-0.2, 0) is 10.0 Å². The summed E-state index contributed by atoms with van der Waals surface area (Å²) in [6.07, 6.45) is 1.69. The van der Waals surface area contributed by atoms with Crippen LogP contribution in [0.4, 0.5) is 0 Å². The number of hydrogen-bond acceptors (Lipinski definition) is 5. The highest BCUT2D eigenvalue weighted by Crippen LogP contribution is 2.37. The third kappa shape index (κ3) is 2.60. The van der Waals surface area contributed by atoms with Crippen LogP contribution in [0.3, 0.4) is 0 Å². The predicted molar refractivity (Wildman–Crippen MR) is 89.6 cm³/mol. The molecular weight excluding hydrogens is 328 g/mol. The summed E-state index contributed by atoms with van der Waals surface area (Å²) in [4.78, 5) is 0. The molecule has 0 N–H and O–H groups in total. The molecule has 2 aromatic carbocycles. The fourth-order valence-corrected chi connectivity index (χ4v) is 3.87. The fourth-order valence-electron chi connectivity index (χ4n) is 2.97. The number of hydrazone groups is 1. The van der Waals surface area contributed by atoms with Crippen molar-refractivity contribution >= 4 is 15.7 Å². The summed E-state index contributed by atoms with van der Waals surface area (Å²) < 4.78 is 36.2. The van der Waals surface area contributed by atoms with Gasteiger partial charge in [-0.2, -0.15) is 9.52 Å². The van der Waals surface area contributed by atoms with Gasteiger partial charge in [0.15, 0.2) is 11.5 Å². The minimum atomic E-state index is -3.46. The summed E-state index contributed by atoms with van der Waals surface area (Å²) in [7, 11) is -3.46. The number of hydrogen-bond donors (Lipinski definition) is 0. The summed E-state index contributed by atoms with van der Waals surface area (Å²) in [6, 6.07) is 14.7. The number of sulfonamides is 1. The van der Waals surface area contributed by atoms with Crippen molar-refractivity contribution in [2.45, 2.75) is 12.5 Å². The zero-order valence-corrected chi connectivity index (χ0v) is 13.9. The van der Waals surface area contributed by atoms with Crippen LogP contribution in [0.25, 0.3) is 0 Å². The molecule has 0 saturated heterocycles. The number of fused-ring (bicyclic) bond motifs is 1. The first kappa shape index (κ1) is 15.0. The normalized spacial score (nSPS) is 19.5. The minimum Gasteiger partial charge on any atom is -0.454 e. The number of rotatable bonds is 3. The zero-order chi connectivity index (χ0) is 16.7. The molecular formula is C17H16N2O4S. The summed E-state index contributed by atoms with van der Waals surface area (Å²) in [6.45, 7) is 0.202. The maximum atomic E-state index is 12.2. The molecule has 0 spiro atoms. The minimum absolute atomic E-state index is 0.202. The predicted octanol–water partition coefficient (Wildman–Crippen LogP) is 2.53. The molecule has 0 amide bonds. The van der Waals surface area contributed by atoms with Crippen LogP contribution in [0.1, 0.15) is 23.6 Å². The van der Waals surface area contributed by atoms with Gasteiger partial charge in [0.05, 0.1) is 18.0 Å². The van der Waals surface area contributed by atoms with Crippen LogP contribution in [0.2, 0.25) is 0 Å². The van der Waals surface area contributed by atoms with Gasteiger partial charge >= 0.3 is 0 Å². The highest BCUT2D eigenvalue weighted by molar-refractivity contribution is 7.88. The van der Waals surface area contributed by atoms with E-state index in [2.05, 4.69) is 5.10 Å². The van der Waals surface area contributed by atoms with Crippen LogP contribution in [0, 0.1) is 0 Å². The van der Waals surface area contributed by atoms with E-state index in [0.29, 0.717) is 23.6 Å². The second-order valence-corrected chi connectivity index (χ2v) is 7.62. The smallest absolute Gasteiger partial charge is 0.247 e. The van der Waals surface area contributed by atoms with E-state index in [1.165, 1.54) is 10.7 Å². The van der Waals surface area contributed by atoms with E-state index in [0.717, 1.165) is 11.1 Å². The lowest BCUT2D eigenvalue weighted by molar-refractivity contribution is 0.174. The van der Waals surface area contributed by atoms with Crippen molar-refractivity contribution in [2.75, 3.05) is 13.0 Å². The summed E-state index contributed by atoms with van der Waals surface area (Å²) in [5.41, 5.74) is 2.47. The molecule has 2 aliphatic rings. The molecule has 2 aliphatic heterocycles. The summed E-state index contributed by atoms with van der Waals surface area (Å²) in [5, 5.41) is 4.38. The van der Waals surface area contributed by atoms with E-state index in [1.807, 2.05) is 48.5 Å². The van der Waals surface area contributed by atoms with Crippen molar-refractivity contribution in [1.82, 2.24) is 4.41 Å². The first-order chi connectivity index (χ1) is 11.5. The van der Waals surface area contributed by atoms with Gasteiger partial charge in [0, 0.05) is 12.0 Å². The van der Waals surface area contributed by atoms with Gasteiger partial charge in [-0.3, -0.25) is 0 Å². The summed E-state index contributed by atoms with van der Waals surface area (Å²) in [5.74, 6) is 1.35. The van der Waals surface area contributed by atoms with Crippen molar-refractivity contribution in [2.24, 2.45) is 5.10 Å². The Morgan fingerprint density at radius 3 is 2.58 bits per heavy atom. The SMILES string of the molecule is CS(=O)(=O)N1N=C(c2ccc3c(c2)OCO3)C[C@H]1c1ccccc1. The quantitative estimate of drug-likeness (QED) is 0.858. The third-order valence-corrected chi connectivity index (χ3v) is 5.12. The molecule has 0 saturated carbocycles. The van der Waals surface area contributed by atoms with Gasteiger partial charge in [-0.1, -0.05) is 30.3 Å². The molecule has 0 radical (unpaired) electrons. The Balaban J connectivity index is 1.72. The molecule has 24 heavy (non-hydrogen) atoms. The number of benzene rings is 2. The maximum absolute atomic E-state index is 12.2. The topological polar surface area (TPSA) is 68.2 Å². The Morgan fingerprint density at radius 2 is 1.83 bits per heavy atom. The van der Waals surface area contributed by atoms with E-state index in [-0.39, 0.29) is 12.8 Å². The zero-order valence-electron chi connectivity index (χ0n) is 13.0. The lowest BCUT2D eigenvalue weighted by Gasteiger charge is -2.21. The average Bonchev–Trinajstić information content (AvgIpc) is 3.21. The van der Waals surface area contributed by atoms with Gasteiger partial charge < -0.3 is 9.47 Å². The van der Waals surface area contributed by atoms with Crippen molar-refractivity contribution in [3.05, 3.63) is 59.7 Å². The largest absolute Gasteiger partial charge is 0.454 e. The molecule has 0 unspecified atom stereocenters. The van der Waals surface area contributed by atoms with E-state index < -0.39 is 10.0 Å². The van der Waals surface area contributed by atoms with Crippen molar-refractivity contribution in [3.63, 3.8) is 0 Å². The van der Waals surface area contributed by atoms with Crippen LogP contribution >= 0.6 is 0 Å². The Morgan fingerprint density at radius 1 is 1.08 bits per heavy atom. The van der Waals surface area contributed by atoms with Crippen LogP contribution in [0.5, 0.6) is 11.5 Å². The van der Waals surface area contributed by atoms with Crippen LogP contribution in [-0.4, -0.2) is 31.6 Å². The van der Waals surface area contributed by atoms with Crippen LogP contribution < -0.4 is 9.47 Å². The monoisotopic (exact) mass is 344 g/mol. The third-order valence-electron chi connectivity index (χ3n) is 4.10. The highest BCUT2D eigenvalue weighted by atomic mass is 32.2. The van der Waals surface area contributed by atoms with Crippen molar-refractivity contribution < 1.29 is 17.9 Å². The van der Waals surface area contributed by atoms with E-state index >= 15 is 0 Å². The van der Waals surface area contributed by atoms with E-state index in [4.69, 9.17) is 9.47 Å². The fraction of sp³-hybridized carbons (Fsp3) is 0.235. The van der Waals surface area contributed by atoms with Gasteiger partial charge in [-0.05, 0) is 23.8 Å². The molecule has 1 atom stereocenters. The molecule has 6 nitrogen and oxygen atoms in total. The molecule has 2 aromatic rings. The average molecular weight is 344 g/mol. The molecule has 0 bridgehead atoms. The Bertz CT molecular complexity index is 909. The number of nitrogens with zero attached hydrogens (tertiary/aromatic N) is 2. The van der Waals surface area contributed by atoms with Crippen LogP contribution in [0.15, 0.2) is 53.6 Å². The lowest BCUT2D eigenvalue weighted by atomic mass is 9.99. The van der Waals surface area contributed by atoms with E-state index in [1.54, 1.807) is 0 Å². The molecule has 0 aromatic heterocycles. The first-order valence-corrected chi connectivity index (χ1v) is 9.39. The molecule has 124 valence electrons. The highest BCUT2D eigenvalue weighted by Gasteiger charge is 2.34. The van der Waals surface area contributed by atoms with Gasteiger partial charge in [0.1, 0.15) is 0 Å². The molecule has 4 rings (SSSR count). The van der Waals surface area contributed by atoms with Gasteiger partial charge in [-0.15, -0.1) is 0 Å². The van der Waals surface area contributed by atoms with Crippen molar-refractivity contribution in [1.29, 1.82) is 0 Å². The maximum Gasteiger partial charge on any atom is 0.247 e. The number of ether oxygens (including phenoxy) is 2. The molecule has 7 heteroatoms. The standard InChI is InChI=1S/C17H16N2O4S/c1-24(20,21)19-15(12-5-3-2-4-6-12)10-14(18-19)13-7-8-16-17(9-13)23-11-22-16/h2-9,15H,10-11H2,1H3/t15-/m0/s1. The first-order valence-electron chi connectivity index (χ1n) is 7.54. The van der Waals surface area contributed by atoms with Crippen molar-refractivity contribution in [3.8, 4) is 11.5 Å². The lowest BCUT2D eigenvalue weighted by Crippen LogP contribution is -2.25. The Hall–Kier alpha value is -2.54. The Kier molecular flexibility index (Phi) is 3.45.